The lowest BCUT2D eigenvalue weighted by atomic mass is 10.0. The monoisotopic (exact) mass is 272 g/mol. The van der Waals surface area contributed by atoms with E-state index in [1.807, 2.05) is 12.1 Å². The van der Waals surface area contributed by atoms with E-state index in [1.54, 1.807) is 7.11 Å². The summed E-state index contributed by atoms with van der Waals surface area (Å²) in [5, 5.41) is 3.64. The van der Waals surface area contributed by atoms with Crippen molar-refractivity contribution in [1.29, 1.82) is 0 Å². The highest BCUT2D eigenvalue weighted by Crippen LogP contribution is 2.20. The number of nitrogens with zero attached hydrogens (tertiary/aromatic N) is 1. The summed E-state index contributed by atoms with van der Waals surface area (Å²) in [7, 11) is 1.70. The predicted octanol–water partition coefficient (Wildman–Crippen LogP) is 3.76. The molecular weight excluding hydrogens is 248 g/mol. The van der Waals surface area contributed by atoms with Gasteiger partial charge in [-0.25, -0.2) is 0 Å². The van der Waals surface area contributed by atoms with Gasteiger partial charge in [0.1, 0.15) is 5.75 Å². The zero-order valence-electron chi connectivity index (χ0n) is 12.6. The number of aromatic nitrogens is 1. The largest absolute Gasteiger partial charge is 0.497 e. The third-order valence-electron chi connectivity index (χ3n) is 3.72. The smallest absolute Gasteiger partial charge is 0.118 e. The predicted molar refractivity (Wildman–Crippen MR) is 83.0 cm³/mol. The molecule has 20 heavy (non-hydrogen) atoms. The Morgan fingerprint density at radius 2 is 1.90 bits per heavy atom. The lowest BCUT2D eigenvalue weighted by Crippen LogP contribution is -2.21. The topological polar surface area (TPSA) is 26.2 Å². The van der Waals surface area contributed by atoms with Gasteiger partial charge in [-0.3, -0.25) is 0 Å². The number of hydrogen-bond donors (Lipinski definition) is 1. The normalized spacial score (nSPS) is 12.3. The highest BCUT2D eigenvalue weighted by molar-refractivity contribution is 5.29. The van der Waals surface area contributed by atoms with Crippen LogP contribution in [0.1, 0.15) is 37.6 Å². The molecule has 0 aliphatic heterocycles. The Balaban J connectivity index is 2.01. The van der Waals surface area contributed by atoms with Gasteiger partial charge in [0.15, 0.2) is 0 Å². The third kappa shape index (κ3) is 3.42. The molecule has 1 N–H and O–H groups in total. The van der Waals surface area contributed by atoms with Crippen LogP contribution in [0.3, 0.4) is 0 Å². The molecule has 0 saturated carbocycles. The number of benzene rings is 1. The van der Waals surface area contributed by atoms with Crippen molar-refractivity contribution in [3.8, 4) is 5.75 Å². The summed E-state index contributed by atoms with van der Waals surface area (Å²) >= 11 is 0. The molecule has 0 aliphatic rings. The highest BCUT2D eigenvalue weighted by atomic mass is 16.5. The van der Waals surface area contributed by atoms with Gasteiger partial charge in [0.05, 0.1) is 7.11 Å². The summed E-state index contributed by atoms with van der Waals surface area (Å²) < 4.78 is 7.48. The van der Waals surface area contributed by atoms with Crippen LogP contribution >= 0.6 is 0 Å². The van der Waals surface area contributed by atoms with Crippen LogP contribution in [-0.2, 0) is 13.1 Å². The van der Waals surface area contributed by atoms with Crippen molar-refractivity contribution in [2.45, 2.75) is 39.4 Å². The van der Waals surface area contributed by atoms with E-state index in [0.29, 0.717) is 6.04 Å². The molecule has 0 saturated heterocycles. The average molecular weight is 272 g/mol. The number of ether oxygens (including phenoxy) is 1. The van der Waals surface area contributed by atoms with E-state index >= 15 is 0 Å². The number of aryl methyl sites for hydroxylation is 1. The van der Waals surface area contributed by atoms with E-state index in [-0.39, 0.29) is 0 Å². The molecule has 2 aromatic rings. The molecule has 0 aliphatic carbocycles. The van der Waals surface area contributed by atoms with Crippen molar-refractivity contribution >= 4 is 0 Å². The summed E-state index contributed by atoms with van der Waals surface area (Å²) in [4.78, 5) is 0. The molecule has 0 radical (unpaired) electrons. The maximum Gasteiger partial charge on any atom is 0.118 e. The third-order valence-corrected chi connectivity index (χ3v) is 3.72. The van der Waals surface area contributed by atoms with E-state index in [1.165, 1.54) is 11.3 Å². The van der Waals surface area contributed by atoms with E-state index in [0.717, 1.165) is 25.3 Å². The molecule has 1 heterocycles. The molecule has 0 amide bonds. The first-order valence-corrected chi connectivity index (χ1v) is 7.29. The molecule has 3 heteroatoms. The zero-order chi connectivity index (χ0) is 14.4. The zero-order valence-corrected chi connectivity index (χ0v) is 12.6. The molecule has 1 aromatic heterocycles. The molecule has 0 fully saturated rings. The van der Waals surface area contributed by atoms with E-state index in [4.69, 9.17) is 4.74 Å². The Morgan fingerprint density at radius 3 is 2.50 bits per heavy atom. The lowest BCUT2D eigenvalue weighted by Gasteiger charge is -2.18. The number of rotatable bonds is 7. The Morgan fingerprint density at radius 1 is 1.15 bits per heavy atom. The summed E-state index contributed by atoms with van der Waals surface area (Å²) in [5.74, 6) is 0.906. The van der Waals surface area contributed by atoms with Gasteiger partial charge < -0.3 is 14.6 Å². The van der Waals surface area contributed by atoms with E-state index < -0.39 is 0 Å². The van der Waals surface area contributed by atoms with Crippen LogP contribution in [0.5, 0.6) is 5.75 Å². The van der Waals surface area contributed by atoms with Crippen LogP contribution in [0.25, 0.3) is 0 Å². The fourth-order valence-electron chi connectivity index (χ4n) is 2.48. The van der Waals surface area contributed by atoms with Gasteiger partial charge >= 0.3 is 0 Å². The van der Waals surface area contributed by atoms with Gasteiger partial charge in [-0.1, -0.05) is 19.1 Å². The Labute approximate surface area is 121 Å². The number of hydrogen-bond acceptors (Lipinski definition) is 2. The van der Waals surface area contributed by atoms with Gasteiger partial charge in [0.2, 0.25) is 0 Å². The Bertz CT molecular complexity index is 516. The standard InChI is InChI=1S/C17H24N2O/c1-4-17(14-8-10-16(20-3)11-9-14)18-13-15-7-6-12-19(15)5-2/h6-12,17-18H,4-5,13H2,1-3H3. The second-order valence-corrected chi connectivity index (χ2v) is 4.90. The Kier molecular flexibility index (Phi) is 5.24. The average Bonchev–Trinajstić information content (AvgIpc) is 2.96. The molecule has 1 atom stereocenters. The molecule has 108 valence electrons. The highest BCUT2D eigenvalue weighted by Gasteiger charge is 2.09. The summed E-state index contributed by atoms with van der Waals surface area (Å²) in [6.45, 7) is 6.29. The second-order valence-electron chi connectivity index (χ2n) is 4.90. The van der Waals surface area contributed by atoms with Crippen molar-refractivity contribution in [1.82, 2.24) is 9.88 Å². The minimum atomic E-state index is 0.376. The van der Waals surface area contributed by atoms with Crippen LogP contribution in [-0.4, -0.2) is 11.7 Å². The van der Waals surface area contributed by atoms with Crippen LogP contribution in [0.2, 0.25) is 0 Å². The summed E-state index contributed by atoms with van der Waals surface area (Å²) in [6, 6.07) is 13.0. The van der Waals surface area contributed by atoms with Crippen molar-refractivity contribution in [3.05, 3.63) is 53.9 Å². The first-order chi connectivity index (χ1) is 9.78. The second kappa shape index (κ2) is 7.15. The van der Waals surface area contributed by atoms with Gasteiger partial charge in [0.25, 0.3) is 0 Å². The van der Waals surface area contributed by atoms with Crippen LogP contribution in [0, 0.1) is 0 Å². The lowest BCUT2D eigenvalue weighted by molar-refractivity contribution is 0.414. The molecular formula is C17H24N2O. The van der Waals surface area contributed by atoms with Crippen LogP contribution in [0.15, 0.2) is 42.6 Å². The van der Waals surface area contributed by atoms with E-state index in [2.05, 4.69) is 54.2 Å². The maximum atomic E-state index is 5.21. The van der Waals surface area contributed by atoms with Gasteiger partial charge in [-0.15, -0.1) is 0 Å². The maximum absolute atomic E-state index is 5.21. The summed E-state index contributed by atoms with van der Waals surface area (Å²) in [6.07, 6.45) is 3.20. The molecule has 0 bridgehead atoms. The quantitative estimate of drug-likeness (QED) is 0.830. The first kappa shape index (κ1) is 14.7. The number of methoxy groups -OCH3 is 1. The van der Waals surface area contributed by atoms with Crippen LogP contribution < -0.4 is 10.1 Å². The SMILES string of the molecule is CCC(NCc1cccn1CC)c1ccc(OC)cc1. The molecule has 2 rings (SSSR count). The first-order valence-electron chi connectivity index (χ1n) is 7.29. The van der Waals surface area contributed by atoms with Gasteiger partial charge in [-0.2, -0.15) is 0 Å². The van der Waals surface area contributed by atoms with Crippen molar-refractivity contribution in [2.75, 3.05) is 7.11 Å². The van der Waals surface area contributed by atoms with Crippen LogP contribution in [0.4, 0.5) is 0 Å². The van der Waals surface area contributed by atoms with Crippen molar-refractivity contribution < 1.29 is 4.74 Å². The molecule has 1 unspecified atom stereocenters. The van der Waals surface area contributed by atoms with Crippen molar-refractivity contribution in [2.24, 2.45) is 0 Å². The van der Waals surface area contributed by atoms with E-state index in [9.17, 15) is 0 Å². The molecule has 1 aromatic carbocycles. The minimum absolute atomic E-state index is 0.376. The molecule has 0 spiro atoms. The van der Waals surface area contributed by atoms with Gasteiger partial charge in [-0.05, 0) is 43.2 Å². The summed E-state index contributed by atoms with van der Waals surface area (Å²) in [5.41, 5.74) is 2.64. The molecule has 3 nitrogen and oxygen atoms in total. The fourth-order valence-corrected chi connectivity index (χ4v) is 2.48. The minimum Gasteiger partial charge on any atom is -0.497 e. The van der Waals surface area contributed by atoms with Gasteiger partial charge in [0, 0.05) is 31.0 Å². The van der Waals surface area contributed by atoms with Crippen molar-refractivity contribution in [3.63, 3.8) is 0 Å². The Hall–Kier alpha value is -1.74. The number of nitrogens with one attached hydrogen (secondary N) is 1. The fraction of sp³-hybridized carbons (Fsp3) is 0.412.